The summed E-state index contributed by atoms with van der Waals surface area (Å²) in [5.74, 6) is 0.642. The highest BCUT2D eigenvalue weighted by molar-refractivity contribution is 7.98. The average Bonchev–Trinajstić information content (AvgIpc) is 3.16. The first-order chi connectivity index (χ1) is 12.8. The van der Waals surface area contributed by atoms with Gasteiger partial charge in [0.25, 0.3) is 0 Å². The zero-order valence-corrected chi connectivity index (χ0v) is 18.1. The van der Waals surface area contributed by atoms with Gasteiger partial charge in [-0.25, -0.2) is 13.4 Å². The molecule has 1 unspecified atom stereocenters. The summed E-state index contributed by atoms with van der Waals surface area (Å²) in [5, 5.41) is 4.61. The van der Waals surface area contributed by atoms with Gasteiger partial charge in [-0.3, -0.25) is 4.79 Å². The zero-order chi connectivity index (χ0) is 19.9. The summed E-state index contributed by atoms with van der Waals surface area (Å²) in [7, 11) is -3.78. The molecule has 0 fully saturated rings. The highest BCUT2D eigenvalue weighted by Crippen LogP contribution is 2.18. The first kappa shape index (κ1) is 21.9. The number of rotatable bonds is 10. The predicted molar refractivity (Wildman–Crippen MR) is 112 cm³/mol. The van der Waals surface area contributed by atoms with Gasteiger partial charge in [-0.05, 0) is 42.0 Å². The van der Waals surface area contributed by atoms with E-state index in [9.17, 15) is 13.2 Å². The average molecular weight is 428 g/mol. The third kappa shape index (κ3) is 6.60. The van der Waals surface area contributed by atoms with Crippen LogP contribution in [0.1, 0.15) is 37.4 Å². The number of sulfonamides is 1. The second-order valence-corrected chi connectivity index (χ2v) is 9.79. The fourth-order valence-corrected chi connectivity index (χ4v) is 4.65. The predicted octanol–water partition coefficient (Wildman–Crippen LogP) is 2.98. The van der Waals surface area contributed by atoms with E-state index in [1.54, 1.807) is 41.5 Å². The minimum atomic E-state index is -3.78. The molecule has 0 aliphatic carbocycles. The van der Waals surface area contributed by atoms with Crippen LogP contribution in [0.2, 0.25) is 0 Å². The molecule has 0 aliphatic heterocycles. The minimum Gasteiger partial charge on any atom is -0.349 e. The number of carbonyl (C=O) groups excluding carboxylic acids is 1. The van der Waals surface area contributed by atoms with Gasteiger partial charge >= 0.3 is 0 Å². The fourth-order valence-electron chi connectivity index (χ4n) is 2.39. The van der Waals surface area contributed by atoms with E-state index in [0.717, 1.165) is 11.3 Å². The highest BCUT2D eigenvalue weighted by atomic mass is 32.2. The molecular weight excluding hydrogens is 402 g/mol. The molecule has 6 nitrogen and oxygen atoms in total. The molecule has 2 N–H and O–H groups in total. The van der Waals surface area contributed by atoms with E-state index in [4.69, 9.17) is 0 Å². The van der Waals surface area contributed by atoms with Crippen LogP contribution in [0.5, 0.6) is 0 Å². The molecular formula is C18H25N3O3S3. The highest BCUT2D eigenvalue weighted by Gasteiger charge is 2.25. The smallest absolute Gasteiger partial charge is 0.241 e. The molecule has 9 heteroatoms. The first-order valence-electron chi connectivity index (χ1n) is 8.59. The van der Waals surface area contributed by atoms with Crippen molar-refractivity contribution in [1.82, 2.24) is 15.0 Å². The lowest BCUT2D eigenvalue weighted by molar-refractivity contribution is -0.122. The van der Waals surface area contributed by atoms with Gasteiger partial charge < -0.3 is 5.32 Å². The van der Waals surface area contributed by atoms with Crippen LogP contribution in [0.25, 0.3) is 0 Å². The molecule has 1 aromatic carbocycles. The number of aromatic nitrogens is 1. The number of nitrogens with one attached hydrogen (secondary N) is 2. The molecule has 0 saturated carbocycles. The van der Waals surface area contributed by atoms with E-state index in [2.05, 4.69) is 15.0 Å². The number of amides is 1. The molecule has 1 atom stereocenters. The van der Waals surface area contributed by atoms with Gasteiger partial charge in [-0.2, -0.15) is 16.5 Å². The summed E-state index contributed by atoms with van der Waals surface area (Å²) in [6, 6.07) is 5.94. The molecule has 148 valence electrons. The summed E-state index contributed by atoms with van der Waals surface area (Å²) in [6.07, 6.45) is 2.33. The Morgan fingerprint density at radius 3 is 2.52 bits per heavy atom. The van der Waals surface area contributed by atoms with E-state index >= 15 is 0 Å². The van der Waals surface area contributed by atoms with E-state index in [-0.39, 0.29) is 17.3 Å². The number of carbonyl (C=O) groups is 1. The monoisotopic (exact) mass is 427 g/mol. The molecule has 1 aromatic heterocycles. The second-order valence-electron chi connectivity index (χ2n) is 6.38. The molecule has 27 heavy (non-hydrogen) atoms. The Hall–Kier alpha value is -1.42. The third-order valence-corrected chi connectivity index (χ3v) is 6.78. The number of hydrogen-bond donors (Lipinski definition) is 2. The van der Waals surface area contributed by atoms with Crippen molar-refractivity contribution in [2.75, 3.05) is 12.0 Å². The van der Waals surface area contributed by atoms with Crippen molar-refractivity contribution in [1.29, 1.82) is 0 Å². The number of nitrogens with zero attached hydrogens (tertiary/aromatic N) is 1. The molecule has 1 amide bonds. The van der Waals surface area contributed by atoms with Crippen LogP contribution < -0.4 is 10.0 Å². The normalized spacial score (nSPS) is 12.9. The van der Waals surface area contributed by atoms with Crippen LogP contribution >= 0.6 is 23.1 Å². The van der Waals surface area contributed by atoms with Crippen molar-refractivity contribution in [2.45, 2.75) is 43.7 Å². The number of benzene rings is 1. The molecule has 0 spiro atoms. The van der Waals surface area contributed by atoms with Gasteiger partial charge in [0.2, 0.25) is 15.9 Å². The fraction of sp³-hybridized carbons (Fsp3) is 0.444. The summed E-state index contributed by atoms with van der Waals surface area (Å²) < 4.78 is 28.0. The van der Waals surface area contributed by atoms with Crippen LogP contribution in [0, 0.1) is 0 Å². The van der Waals surface area contributed by atoms with Gasteiger partial charge in [0.15, 0.2) is 0 Å². The van der Waals surface area contributed by atoms with Crippen molar-refractivity contribution in [3.05, 3.63) is 46.4 Å². The molecule has 2 rings (SSSR count). The maximum atomic E-state index is 12.7. The Morgan fingerprint density at radius 2 is 1.96 bits per heavy atom. The maximum absolute atomic E-state index is 12.7. The van der Waals surface area contributed by atoms with Crippen LogP contribution in [-0.4, -0.2) is 37.4 Å². The van der Waals surface area contributed by atoms with Gasteiger partial charge in [0.05, 0.1) is 22.6 Å². The second kappa shape index (κ2) is 10.2. The summed E-state index contributed by atoms with van der Waals surface area (Å²) in [6.45, 7) is 4.38. The topological polar surface area (TPSA) is 88.2 Å². The Bertz CT molecular complexity index is 819. The minimum absolute atomic E-state index is 0.161. The largest absolute Gasteiger partial charge is 0.349 e. The van der Waals surface area contributed by atoms with E-state index in [1.165, 1.54) is 11.3 Å². The first-order valence-corrected chi connectivity index (χ1v) is 12.4. The van der Waals surface area contributed by atoms with Gasteiger partial charge in [-0.1, -0.05) is 26.0 Å². The summed E-state index contributed by atoms with van der Waals surface area (Å²) >= 11 is 3.01. The number of thiazole rings is 1. The Kier molecular flexibility index (Phi) is 8.28. The standard InChI is InChI=1S/C18H25N3O3S3/c1-13(2)14-4-6-16(7-5-14)27(23,24)21-17(8-9-25-3)18(22)19-10-15-11-26-12-20-15/h4-7,11-13,17,21H,8-10H2,1-3H3,(H,19,22). The van der Waals surface area contributed by atoms with Crippen molar-refractivity contribution < 1.29 is 13.2 Å². The molecule has 2 aromatic rings. The van der Waals surface area contributed by atoms with Crippen molar-refractivity contribution in [3.8, 4) is 0 Å². The SMILES string of the molecule is CSCCC(NS(=O)(=O)c1ccc(C(C)C)cc1)C(=O)NCc1cscn1. The molecule has 0 radical (unpaired) electrons. The molecule has 0 bridgehead atoms. The summed E-state index contributed by atoms with van der Waals surface area (Å²) in [4.78, 5) is 16.8. The lowest BCUT2D eigenvalue weighted by atomic mass is 10.0. The molecule has 0 aliphatic rings. The van der Waals surface area contributed by atoms with Gasteiger partial charge in [0, 0.05) is 5.38 Å². The van der Waals surface area contributed by atoms with Gasteiger partial charge in [-0.15, -0.1) is 11.3 Å². The zero-order valence-electron chi connectivity index (χ0n) is 15.6. The van der Waals surface area contributed by atoms with Crippen LogP contribution in [-0.2, 0) is 21.4 Å². The van der Waals surface area contributed by atoms with E-state index in [1.807, 2.05) is 25.5 Å². The van der Waals surface area contributed by atoms with E-state index in [0.29, 0.717) is 18.1 Å². The third-order valence-electron chi connectivity index (χ3n) is 4.01. The Morgan fingerprint density at radius 1 is 1.26 bits per heavy atom. The summed E-state index contributed by atoms with van der Waals surface area (Å²) in [5.41, 5.74) is 3.51. The maximum Gasteiger partial charge on any atom is 0.241 e. The van der Waals surface area contributed by atoms with Crippen molar-refractivity contribution >= 4 is 39.0 Å². The van der Waals surface area contributed by atoms with E-state index < -0.39 is 16.1 Å². The lowest BCUT2D eigenvalue weighted by Gasteiger charge is -2.18. The lowest BCUT2D eigenvalue weighted by Crippen LogP contribution is -2.46. The van der Waals surface area contributed by atoms with Crippen molar-refractivity contribution in [2.24, 2.45) is 0 Å². The van der Waals surface area contributed by atoms with Crippen LogP contribution in [0.15, 0.2) is 40.1 Å². The van der Waals surface area contributed by atoms with Crippen molar-refractivity contribution in [3.63, 3.8) is 0 Å². The number of hydrogen-bond acceptors (Lipinski definition) is 6. The number of thioether (sulfide) groups is 1. The molecule has 1 heterocycles. The van der Waals surface area contributed by atoms with Crippen LogP contribution in [0.3, 0.4) is 0 Å². The Labute approximate surface area is 169 Å². The quantitative estimate of drug-likeness (QED) is 0.609. The van der Waals surface area contributed by atoms with Crippen LogP contribution in [0.4, 0.5) is 0 Å². The Balaban J connectivity index is 2.09. The van der Waals surface area contributed by atoms with Gasteiger partial charge in [0.1, 0.15) is 6.04 Å². The molecule has 0 saturated heterocycles.